The van der Waals surface area contributed by atoms with E-state index in [1.54, 1.807) is 0 Å². The van der Waals surface area contributed by atoms with Gasteiger partial charge in [0.05, 0.1) is 0 Å². The van der Waals surface area contributed by atoms with E-state index in [2.05, 4.69) is 38.2 Å². The van der Waals surface area contributed by atoms with Crippen LogP contribution in [0.3, 0.4) is 0 Å². The summed E-state index contributed by atoms with van der Waals surface area (Å²) in [5.74, 6) is 2.98. The second kappa shape index (κ2) is 5.77. The fourth-order valence-corrected chi connectivity index (χ4v) is 3.17. The predicted molar refractivity (Wildman–Crippen MR) is 83.4 cm³/mol. The maximum Gasteiger partial charge on any atom is 0.122 e. The van der Waals surface area contributed by atoms with Crippen LogP contribution in [0.1, 0.15) is 42.4 Å². The fourth-order valence-electron chi connectivity index (χ4n) is 3.17. The molecule has 2 saturated carbocycles. The van der Waals surface area contributed by atoms with E-state index in [1.807, 2.05) is 0 Å². The quantitative estimate of drug-likeness (QED) is 0.764. The van der Waals surface area contributed by atoms with Crippen molar-refractivity contribution in [3.63, 3.8) is 0 Å². The molecule has 0 spiro atoms. The third kappa shape index (κ3) is 3.35. The van der Waals surface area contributed by atoms with E-state index in [-0.39, 0.29) is 0 Å². The first-order valence-electron chi connectivity index (χ1n) is 8.09. The van der Waals surface area contributed by atoms with Crippen molar-refractivity contribution in [2.75, 3.05) is 13.2 Å². The molecule has 110 valence electrons. The van der Waals surface area contributed by atoms with Crippen LogP contribution in [0.5, 0.6) is 5.75 Å². The molecule has 1 aromatic rings. The zero-order valence-corrected chi connectivity index (χ0v) is 13.0. The Morgan fingerprint density at radius 1 is 1.10 bits per heavy atom. The minimum Gasteiger partial charge on any atom is -0.492 e. The minimum atomic E-state index is 0.777. The summed E-state index contributed by atoms with van der Waals surface area (Å²) in [6.45, 7) is 8.19. The van der Waals surface area contributed by atoms with Crippen molar-refractivity contribution in [2.45, 2.75) is 52.5 Å². The molecule has 20 heavy (non-hydrogen) atoms. The zero-order valence-electron chi connectivity index (χ0n) is 13.0. The second-order valence-electron chi connectivity index (χ2n) is 6.71. The number of nitrogens with one attached hydrogen (secondary N) is 1. The standard InChI is InChI=1S/C18H27NO/c1-12-10-13(2)14(3)17(11-12)20-9-8-19-18(15-4-5-15)16-6-7-16/h10-11,15-16,18-19H,4-9H2,1-3H3. The van der Waals surface area contributed by atoms with Gasteiger partial charge in [0.25, 0.3) is 0 Å². The fraction of sp³-hybridized carbons (Fsp3) is 0.667. The lowest BCUT2D eigenvalue weighted by Gasteiger charge is -2.18. The molecule has 2 aliphatic carbocycles. The molecule has 0 amide bonds. The van der Waals surface area contributed by atoms with Gasteiger partial charge in [0.15, 0.2) is 0 Å². The smallest absolute Gasteiger partial charge is 0.122 e. The maximum atomic E-state index is 5.99. The Hall–Kier alpha value is -1.02. The highest BCUT2D eigenvalue weighted by atomic mass is 16.5. The van der Waals surface area contributed by atoms with Crippen LogP contribution in [-0.4, -0.2) is 19.2 Å². The van der Waals surface area contributed by atoms with Crippen LogP contribution in [0.15, 0.2) is 12.1 Å². The Morgan fingerprint density at radius 3 is 2.35 bits per heavy atom. The highest BCUT2D eigenvalue weighted by molar-refractivity contribution is 5.41. The van der Waals surface area contributed by atoms with Crippen molar-refractivity contribution in [2.24, 2.45) is 11.8 Å². The van der Waals surface area contributed by atoms with E-state index in [4.69, 9.17) is 4.74 Å². The SMILES string of the molecule is Cc1cc(C)c(C)c(OCCNC(C2CC2)C2CC2)c1. The van der Waals surface area contributed by atoms with E-state index in [9.17, 15) is 0 Å². The predicted octanol–water partition coefficient (Wildman–Crippen LogP) is 3.77. The summed E-state index contributed by atoms with van der Waals surface area (Å²) >= 11 is 0. The molecule has 2 heteroatoms. The first-order valence-corrected chi connectivity index (χ1v) is 8.09. The molecule has 0 radical (unpaired) electrons. The van der Waals surface area contributed by atoms with Gasteiger partial charge in [0.1, 0.15) is 12.4 Å². The van der Waals surface area contributed by atoms with Gasteiger partial charge < -0.3 is 10.1 Å². The van der Waals surface area contributed by atoms with Gasteiger partial charge in [0.2, 0.25) is 0 Å². The molecule has 2 fully saturated rings. The first kappa shape index (κ1) is 13.9. The Kier molecular flexibility index (Phi) is 4.02. The van der Waals surface area contributed by atoms with E-state index >= 15 is 0 Å². The Labute approximate surface area is 122 Å². The summed E-state index contributed by atoms with van der Waals surface area (Å²) < 4.78 is 5.99. The molecule has 0 aliphatic heterocycles. The summed E-state index contributed by atoms with van der Waals surface area (Å²) in [6.07, 6.45) is 5.74. The topological polar surface area (TPSA) is 21.3 Å². The normalized spacial score (nSPS) is 18.6. The highest BCUT2D eigenvalue weighted by Crippen LogP contribution is 2.44. The first-order chi connectivity index (χ1) is 9.65. The average molecular weight is 273 g/mol. The molecule has 1 N–H and O–H groups in total. The van der Waals surface area contributed by atoms with Gasteiger partial charge in [-0.15, -0.1) is 0 Å². The number of aryl methyl sites for hydroxylation is 2. The van der Waals surface area contributed by atoms with E-state index in [1.165, 1.54) is 42.4 Å². The molecular formula is C18H27NO. The number of hydrogen-bond donors (Lipinski definition) is 1. The maximum absolute atomic E-state index is 5.99. The molecule has 0 saturated heterocycles. The summed E-state index contributed by atoms with van der Waals surface area (Å²) in [6, 6.07) is 5.15. The van der Waals surface area contributed by atoms with Crippen LogP contribution in [0.25, 0.3) is 0 Å². The van der Waals surface area contributed by atoms with Crippen molar-refractivity contribution in [1.82, 2.24) is 5.32 Å². The lowest BCUT2D eigenvalue weighted by molar-refractivity contribution is 0.292. The van der Waals surface area contributed by atoms with Gasteiger partial charge in [-0.3, -0.25) is 0 Å². The minimum absolute atomic E-state index is 0.777. The molecule has 2 nitrogen and oxygen atoms in total. The van der Waals surface area contributed by atoms with Crippen LogP contribution in [0, 0.1) is 32.6 Å². The molecule has 3 rings (SSSR count). The summed E-state index contributed by atoms with van der Waals surface area (Å²) in [7, 11) is 0. The van der Waals surface area contributed by atoms with Gasteiger partial charge in [0, 0.05) is 12.6 Å². The third-order valence-corrected chi connectivity index (χ3v) is 4.76. The molecule has 1 aromatic carbocycles. The summed E-state index contributed by atoms with van der Waals surface area (Å²) in [4.78, 5) is 0. The van der Waals surface area contributed by atoms with Gasteiger partial charge in [-0.05, 0) is 81.0 Å². The van der Waals surface area contributed by atoms with E-state index in [0.29, 0.717) is 0 Å². The van der Waals surface area contributed by atoms with Gasteiger partial charge in [-0.1, -0.05) is 6.07 Å². The molecule has 0 bridgehead atoms. The molecular weight excluding hydrogens is 246 g/mol. The zero-order chi connectivity index (χ0) is 14.1. The number of ether oxygens (including phenoxy) is 1. The average Bonchev–Trinajstić information content (AvgIpc) is 3.26. The van der Waals surface area contributed by atoms with E-state index in [0.717, 1.165) is 36.8 Å². The lowest BCUT2D eigenvalue weighted by Crippen LogP contribution is -2.36. The Morgan fingerprint density at radius 2 is 1.75 bits per heavy atom. The summed E-state index contributed by atoms with van der Waals surface area (Å²) in [5, 5.41) is 3.74. The van der Waals surface area contributed by atoms with Crippen molar-refractivity contribution >= 4 is 0 Å². The van der Waals surface area contributed by atoms with Crippen LogP contribution >= 0.6 is 0 Å². The molecule has 0 aromatic heterocycles. The lowest BCUT2D eigenvalue weighted by atomic mass is 10.1. The summed E-state index contributed by atoms with van der Waals surface area (Å²) in [5.41, 5.74) is 3.88. The van der Waals surface area contributed by atoms with Crippen molar-refractivity contribution in [3.05, 3.63) is 28.8 Å². The monoisotopic (exact) mass is 273 g/mol. The highest BCUT2D eigenvalue weighted by Gasteiger charge is 2.40. The molecule has 2 aliphatic rings. The molecule has 0 atom stereocenters. The van der Waals surface area contributed by atoms with E-state index < -0.39 is 0 Å². The van der Waals surface area contributed by atoms with Crippen molar-refractivity contribution in [1.29, 1.82) is 0 Å². The van der Waals surface area contributed by atoms with Crippen molar-refractivity contribution < 1.29 is 4.74 Å². The van der Waals surface area contributed by atoms with Crippen LogP contribution in [-0.2, 0) is 0 Å². The van der Waals surface area contributed by atoms with Crippen LogP contribution in [0.2, 0.25) is 0 Å². The molecule has 0 unspecified atom stereocenters. The van der Waals surface area contributed by atoms with Crippen molar-refractivity contribution in [3.8, 4) is 5.75 Å². The van der Waals surface area contributed by atoms with Gasteiger partial charge in [-0.25, -0.2) is 0 Å². The van der Waals surface area contributed by atoms with Crippen LogP contribution < -0.4 is 10.1 Å². The second-order valence-corrected chi connectivity index (χ2v) is 6.71. The largest absolute Gasteiger partial charge is 0.492 e. The van der Waals surface area contributed by atoms with Gasteiger partial charge >= 0.3 is 0 Å². The Bertz CT molecular complexity index is 463. The van der Waals surface area contributed by atoms with Gasteiger partial charge in [-0.2, -0.15) is 0 Å². The third-order valence-electron chi connectivity index (χ3n) is 4.76. The van der Waals surface area contributed by atoms with Crippen LogP contribution in [0.4, 0.5) is 0 Å². The number of rotatable bonds is 7. The number of benzene rings is 1. The Balaban J connectivity index is 1.47. The number of hydrogen-bond acceptors (Lipinski definition) is 2. The molecule has 0 heterocycles.